The fourth-order valence-electron chi connectivity index (χ4n) is 4.64. The average molecular weight is 464 g/mol. The molecule has 0 atom stereocenters. The molecule has 0 radical (unpaired) electrons. The second kappa shape index (κ2) is 9.47. The first-order valence-electron chi connectivity index (χ1n) is 11.4. The van der Waals surface area contributed by atoms with Crippen molar-refractivity contribution in [1.29, 1.82) is 0 Å². The molecule has 0 aliphatic heterocycles. The first kappa shape index (κ1) is 22.4. The van der Waals surface area contributed by atoms with Crippen molar-refractivity contribution in [1.82, 2.24) is 4.98 Å². The predicted octanol–water partition coefficient (Wildman–Crippen LogP) is 5.78. The Morgan fingerprint density at radius 3 is 1.97 bits per heavy atom. The number of hydrogen-bond donors (Lipinski definition) is 0. The lowest BCUT2D eigenvalue weighted by atomic mass is 9.70. The number of rotatable bonds is 7. The van der Waals surface area contributed by atoms with Crippen LogP contribution in [0.25, 0.3) is 10.9 Å². The van der Waals surface area contributed by atoms with Gasteiger partial charge in [-0.1, -0.05) is 78.9 Å². The minimum atomic E-state index is -0.870. The number of nitrogens with zero attached hydrogens (tertiary/aromatic N) is 1. The van der Waals surface area contributed by atoms with Crippen molar-refractivity contribution >= 4 is 10.9 Å². The number of methoxy groups -OCH3 is 2. The standard InChI is InChI=1S/C30H25NO4/c1-33-26-18-17-21(19-27(26)34-2)20-30(22-11-5-3-6-12-22,23-13-7-4-8-14-23)29-31-25-16-10-9-15-24(25)28(32)35-29/h3-19H,20H2,1-2H3. The molecule has 0 amide bonds. The molecule has 5 nitrogen and oxygen atoms in total. The van der Waals surface area contributed by atoms with Crippen LogP contribution in [0.5, 0.6) is 11.5 Å². The van der Waals surface area contributed by atoms with Crippen LogP contribution in [0.15, 0.2) is 112 Å². The van der Waals surface area contributed by atoms with E-state index in [0.29, 0.717) is 34.7 Å². The molecule has 35 heavy (non-hydrogen) atoms. The van der Waals surface area contributed by atoms with Gasteiger partial charge in [-0.3, -0.25) is 0 Å². The minimum absolute atomic E-state index is 0.341. The largest absolute Gasteiger partial charge is 0.493 e. The Labute approximate surface area is 203 Å². The van der Waals surface area contributed by atoms with Crippen LogP contribution >= 0.6 is 0 Å². The Kier molecular flexibility index (Phi) is 6.06. The van der Waals surface area contributed by atoms with Crippen LogP contribution in [-0.2, 0) is 11.8 Å². The van der Waals surface area contributed by atoms with E-state index in [0.717, 1.165) is 16.7 Å². The van der Waals surface area contributed by atoms with E-state index < -0.39 is 11.0 Å². The Bertz CT molecular complexity index is 1470. The van der Waals surface area contributed by atoms with Gasteiger partial charge in [-0.2, -0.15) is 0 Å². The van der Waals surface area contributed by atoms with Gasteiger partial charge in [-0.05, 0) is 47.4 Å². The summed E-state index contributed by atoms with van der Waals surface area (Å²) in [5, 5.41) is 0.456. The highest BCUT2D eigenvalue weighted by Gasteiger charge is 2.41. The highest BCUT2D eigenvalue weighted by atomic mass is 16.5. The Hall–Kier alpha value is -4.38. The molecule has 0 fully saturated rings. The molecule has 0 spiro atoms. The van der Waals surface area contributed by atoms with Gasteiger partial charge < -0.3 is 13.9 Å². The lowest BCUT2D eigenvalue weighted by Crippen LogP contribution is -2.34. The van der Waals surface area contributed by atoms with Crippen LogP contribution in [0.4, 0.5) is 0 Å². The van der Waals surface area contributed by atoms with Crippen molar-refractivity contribution in [2.24, 2.45) is 0 Å². The van der Waals surface area contributed by atoms with Gasteiger partial charge >= 0.3 is 5.63 Å². The zero-order chi connectivity index (χ0) is 24.3. The van der Waals surface area contributed by atoms with Crippen LogP contribution in [0.2, 0.25) is 0 Å². The molecule has 5 aromatic rings. The van der Waals surface area contributed by atoms with E-state index in [2.05, 4.69) is 0 Å². The van der Waals surface area contributed by atoms with E-state index in [4.69, 9.17) is 18.9 Å². The molecule has 174 valence electrons. The summed E-state index contributed by atoms with van der Waals surface area (Å²) in [6.07, 6.45) is 0.482. The second-order valence-corrected chi connectivity index (χ2v) is 8.33. The molecular formula is C30H25NO4. The molecule has 0 bridgehead atoms. The zero-order valence-electron chi connectivity index (χ0n) is 19.6. The minimum Gasteiger partial charge on any atom is -0.493 e. The van der Waals surface area contributed by atoms with Gasteiger partial charge in [0.05, 0.1) is 25.1 Å². The third kappa shape index (κ3) is 4.06. The third-order valence-electron chi connectivity index (χ3n) is 6.35. The zero-order valence-corrected chi connectivity index (χ0v) is 19.6. The molecule has 0 aliphatic rings. The summed E-state index contributed by atoms with van der Waals surface area (Å²) in [7, 11) is 3.23. The molecule has 0 unspecified atom stereocenters. The van der Waals surface area contributed by atoms with Crippen LogP contribution in [0.1, 0.15) is 22.6 Å². The van der Waals surface area contributed by atoms with Crippen molar-refractivity contribution < 1.29 is 13.9 Å². The average Bonchev–Trinajstić information content (AvgIpc) is 2.92. The van der Waals surface area contributed by atoms with E-state index in [-0.39, 0.29) is 0 Å². The van der Waals surface area contributed by atoms with Crippen molar-refractivity contribution in [2.75, 3.05) is 14.2 Å². The highest BCUT2D eigenvalue weighted by molar-refractivity contribution is 5.77. The van der Waals surface area contributed by atoms with E-state index >= 15 is 0 Å². The summed E-state index contributed by atoms with van der Waals surface area (Å²) in [4.78, 5) is 18.0. The number of para-hydroxylation sites is 1. The first-order valence-corrected chi connectivity index (χ1v) is 11.4. The van der Waals surface area contributed by atoms with Crippen LogP contribution in [0.3, 0.4) is 0 Å². The maximum Gasteiger partial charge on any atom is 0.346 e. The Morgan fingerprint density at radius 2 is 1.34 bits per heavy atom. The van der Waals surface area contributed by atoms with Crippen molar-refractivity contribution in [3.05, 3.63) is 136 Å². The topological polar surface area (TPSA) is 61.6 Å². The summed E-state index contributed by atoms with van der Waals surface area (Å²) >= 11 is 0. The monoisotopic (exact) mass is 463 g/mol. The van der Waals surface area contributed by atoms with Gasteiger partial charge in [-0.15, -0.1) is 0 Å². The van der Waals surface area contributed by atoms with Crippen LogP contribution in [0, 0.1) is 0 Å². The molecule has 4 aromatic carbocycles. The molecule has 0 aliphatic carbocycles. The molecule has 5 rings (SSSR count). The van der Waals surface area contributed by atoms with Gasteiger partial charge in [0.2, 0.25) is 5.89 Å². The van der Waals surface area contributed by atoms with Gasteiger partial charge in [0.25, 0.3) is 0 Å². The number of hydrogen-bond acceptors (Lipinski definition) is 5. The summed E-state index contributed by atoms with van der Waals surface area (Å²) in [5.74, 6) is 1.62. The van der Waals surface area contributed by atoms with E-state index in [9.17, 15) is 4.79 Å². The second-order valence-electron chi connectivity index (χ2n) is 8.33. The molecule has 5 heteroatoms. The normalized spacial score (nSPS) is 11.4. The summed E-state index contributed by atoms with van der Waals surface area (Å²) in [6, 6.07) is 33.2. The first-order chi connectivity index (χ1) is 17.2. The van der Waals surface area contributed by atoms with Crippen molar-refractivity contribution in [3.63, 3.8) is 0 Å². The number of aromatic nitrogens is 1. The molecule has 0 saturated heterocycles. The predicted molar refractivity (Wildman–Crippen MR) is 136 cm³/mol. The highest BCUT2D eigenvalue weighted by Crippen LogP contribution is 2.42. The summed E-state index contributed by atoms with van der Waals surface area (Å²) in [5.41, 5.74) is 2.23. The SMILES string of the molecule is COc1ccc(CC(c2ccccc2)(c2ccccc2)c2nc3ccccc3c(=O)o2)cc1OC. The third-order valence-corrected chi connectivity index (χ3v) is 6.35. The van der Waals surface area contributed by atoms with Gasteiger partial charge in [0.1, 0.15) is 5.41 Å². The molecule has 1 heterocycles. The molecule has 0 N–H and O–H groups in total. The fourth-order valence-corrected chi connectivity index (χ4v) is 4.64. The summed E-state index contributed by atoms with van der Waals surface area (Å²) < 4.78 is 17.0. The van der Waals surface area contributed by atoms with Gasteiger partial charge in [0.15, 0.2) is 11.5 Å². The Balaban J connectivity index is 1.83. The van der Waals surface area contributed by atoms with Crippen molar-refractivity contribution in [3.8, 4) is 11.5 Å². The lowest BCUT2D eigenvalue weighted by molar-refractivity contribution is 0.352. The number of ether oxygens (including phenoxy) is 2. The summed E-state index contributed by atoms with van der Waals surface area (Å²) in [6.45, 7) is 0. The van der Waals surface area contributed by atoms with Crippen molar-refractivity contribution in [2.45, 2.75) is 11.8 Å². The van der Waals surface area contributed by atoms with Crippen LogP contribution < -0.4 is 15.1 Å². The number of benzene rings is 4. The van der Waals surface area contributed by atoms with E-state index in [1.807, 2.05) is 97.1 Å². The van der Waals surface area contributed by atoms with Gasteiger partial charge in [-0.25, -0.2) is 9.78 Å². The smallest absolute Gasteiger partial charge is 0.346 e. The molecule has 1 aromatic heterocycles. The van der Waals surface area contributed by atoms with E-state index in [1.165, 1.54) is 0 Å². The fraction of sp³-hybridized carbons (Fsp3) is 0.133. The molecular weight excluding hydrogens is 438 g/mol. The maximum absolute atomic E-state index is 13.1. The molecule has 0 saturated carbocycles. The quantitative estimate of drug-likeness (QED) is 0.306. The lowest BCUT2D eigenvalue weighted by Gasteiger charge is -2.33. The Morgan fingerprint density at radius 1 is 0.743 bits per heavy atom. The van der Waals surface area contributed by atoms with Crippen LogP contribution in [-0.4, -0.2) is 19.2 Å². The maximum atomic E-state index is 13.1. The number of fused-ring (bicyclic) bond motifs is 1. The van der Waals surface area contributed by atoms with Gasteiger partial charge in [0, 0.05) is 0 Å². The van der Waals surface area contributed by atoms with E-state index in [1.54, 1.807) is 20.3 Å².